The first-order valence-electron chi connectivity index (χ1n) is 7.65. The average molecular weight is 357 g/mol. The number of esters is 1. The lowest BCUT2D eigenvalue weighted by Crippen LogP contribution is -2.27. The molecule has 0 radical (unpaired) electrons. The van der Waals surface area contributed by atoms with E-state index in [1.807, 2.05) is 0 Å². The Kier molecular flexibility index (Phi) is 5.14. The summed E-state index contributed by atoms with van der Waals surface area (Å²) in [6, 6.07) is 9.32. The fourth-order valence-corrected chi connectivity index (χ4v) is 2.27. The van der Waals surface area contributed by atoms with Crippen LogP contribution < -0.4 is 15.7 Å². The minimum Gasteiger partial charge on any atom is -0.467 e. The standard InChI is InChI=1S/C18H15NO7/c1-23-10-16(20)25-12-5-4-11-7-14(18(22)26-15(11)8-12)17(21)19-9-13-3-2-6-24-13/h2-8H,9-10H2,1H3,(H,19,21). The van der Waals surface area contributed by atoms with Crippen molar-refractivity contribution in [3.05, 3.63) is 64.4 Å². The van der Waals surface area contributed by atoms with Gasteiger partial charge >= 0.3 is 11.6 Å². The summed E-state index contributed by atoms with van der Waals surface area (Å²) >= 11 is 0. The van der Waals surface area contributed by atoms with Crippen molar-refractivity contribution in [3.8, 4) is 5.75 Å². The third-order valence-corrected chi connectivity index (χ3v) is 3.45. The summed E-state index contributed by atoms with van der Waals surface area (Å²) < 4.78 is 20.0. The molecule has 0 saturated carbocycles. The predicted octanol–water partition coefficient (Wildman–Crippen LogP) is 1.87. The van der Waals surface area contributed by atoms with Crippen molar-refractivity contribution in [1.29, 1.82) is 0 Å². The van der Waals surface area contributed by atoms with E-state index >= 15 is 0 Å². The summed E-state index contributed by atoms with van der Waals surface area (Å²) in [6.07, 6.45) is 1.49. The molecular formula is C18H15NO7. The molecule has 2 aromatic heterocycles. The van der Waals surface area contributed by atoms with Crippen molar-refractivity contribution in [1.82, 2.24) is 5.32 Å². The molecule has 8 heteroatoms. The van der Waals surface area contributed by atoms with Gasteiger partial charge in [-0.05, 0) is 30.3 Å². The van der Waals surface area contributed by atoms with E-state index in [0.717, 1.165) is 0 Å². The molecule has 1 N–H and O–H groups in total. The van der Waals surface area contributed by atoms with E-state index in [1.165, 1.54) is 31.6 Å². The molecule has 2 heterocycles. The Morgan fingerprint density at radius 2 is 2.04 bits per heavy atom. The maximum absolute atomic E-state index is 12.2. The number of carbonyl (C=O) groups is 2. The van der Waals surface area contributed by atoms with Gasteiger partial charge in [0.15, 0.2) is 0 Å². The topological polar surface area (TPSA) is 108 Å². The fourth-order valence-electron chi connectivity index (χ4n) is 2.27. The van der Waals surface area contributed by atoms with Gasteiger partial charge in [-0.3, -0.25) is 4.79 Å². The second-order valence-corrected chi connectivity index (χ2v) is 5.32. The summed E-state index contributed by atoms with van der Waals surface area (Å²) in [5.41, 5.74) is -0.733. The second kappa shape index (κ2) is 7.66. The highest BCUT2D eigenvalue weighted by atomic mass is 16.6. The van der Waals surface area contributed by atoms with E-state index in [2.05, 4.69) is 10.1 Å². The number of nitrogens with one attached hydrogen (secondary N) is 1. The van der Waals surface area contributed by atoms with E-state index in [4.69, 9.17) is 13.6 Å². The Morgan fingerprint density at radius 3 is 2.77 bits per heavy atom. The van der Waals surface area contributed by atoms with E-state index in [-0.39, 0.29) is 30.0 Å². The van der Waals surface area contributed by atoms with Crippen molar-refractivity contribution in [2.75, 3.05) is 13.7 Å². The quantitative estimate of drug-likeness (QED) is 0.407. The van der Waals surface area contributed by atoms with Gasteiger partial charge in [0.2, 0.25) is 0 Å². The maximum atomic E-state index is 12.2. The highest BCUT2D eigenvalue weighted by Crippen LogP contribution is 2.20. The van der Waals surface area contributed by atoms with Crippen LogP contribution in [0.4, 0.5) is 0 Å². The average Bonchev–Trinajstić information content (AvgIpc) is 3.12. The van der Waals surface area contributed by atoms with Crippen LogP contribution in [0, 0.1) is 0 Å². The number of ether oxygens (including phenoxy) is 2. The number of fused-ring (bicyclic) bond motifs is 1. The number of amides is 1. The molecule has 8 nitrogen and oxygen atoms in total. The summed E-state index contributed by atoms with van der Waals surface area (Å²) in [6.45, 7) is -0.0472. The summed E-state index contributed by atoms with van der Waals surface area (Å²) in [7, 11) is 1.37. The minimum absolute atomic E-state index is 0.131. The van der Waals surface area contributed by atoms with Crippen LogP contribution in [0.1, 0.15) is 16.1 Å². The first kappa shape index (κ1) is 17.4. The van der Waals surface area contributed by atoms with Crippen LogP contribution in [0.15, 0.2) is 56.3 Å². The van der Waals surface area contributed by atoms with Crippen molar-refractivity contribution in [2.45, 2.75) is 6.54 Å². The Balaban J connectivity index is 1.80. The minimum atomic E-state index is -0.796. The molecule has 1 amide bonds. The first-order valence-corrected chi connectivity index (χ1v) is 7.65. The molecule has 0 spiro atoms. The highest BCUT2D eigenvalue weighted by molar-refractivity contribution is 5.96. The van der Waals surface area contributed by atoms with Gasteiger partial charge in [0, 0.05) is 18.6 Å². The molecule has 0 saturated heterocycles. The number of carbonyl (C=O) groups excluding carboxylic acids is 2. The van der Waals surface area contributed by atoms with Gasteiger partial charge in [-0.2, -0.15) is 0 Å². The van der Waals surface area contributed by atoms with E-state index < -0.39 is 17.5 Å². The van der Waals surface area contributed by atoms with Gasteiger partial charge in [-0.1, -0.05) is 0 Å². The lowest BCUT2D eigenvalue weighted by Gasteiger charge is -2.06. The molecule has 0 aliphatic heterocycles. The fraction of sp³-hybridized carbons (Fsp3) is 0.167. The Bertz CT molecular complexity index is 988. The number of hydrogen-bond donors (Lipinski definition) is 1. The molecule has 0 aliphatic rings. The molecule has 0 unspecified atom stereocenters. The number of furan rings is 1. The molecule has 3 rings (SSSR count). The second-order valence-electron chi connectivity index (χ2n) is 5.32. The lowest BCUT2D eigenvalue weighted by molar-refractivity contribution is -0.138. The molecular weight excluding hydrogens is 342 g/mol. The zero-order valence-corrected chi connectivity index (χ0v) is 13.8. The van der Waals surface area contributed by atoms with Crippen LogP contribution in [-0.4, -0.2) is 25.6 Å². The Morgan fingerprint density at radius 1 is 1.19 bits per heavy atom. The van der Waals surface area contributed by atoms with Gasteiger partial charge in [0.1, 0.15) is 29.3 Å². The van der Waals surface area contributed by atoms with Crippen LogP contribution in [0.25, 0.3) is 11.0 Å². The van der Waals surface area contributed by atoms with Gasteiger partial charge in [0.25, 0.3) is 5.91 Å². The van der Waals surface area contributed by atoms with Crippen LogP contribution in [-0.2, 0) is 16.1 Å². The number of benzene rings is 1. The predicted molar refractivity (Wildman–Crippen MR) is 89.9 cm³/mol. The normalized spacial score (nSPS) is 10.7. The molecule has 0 atom stereocenters. The van der Waals surface area contributed by atoms with Gasteiger partial charge < -0.3 is 23.6 Å². The zero-order valence-electron chi connectivity index (χ0n) is 13.8. The molecule has 0 fully saturated rings. The smallest absolute Gasteiger partial charge is 0.349 e. The Hall–Kier alpha value is -3.39. The third-order valence-electron chi connectivity index (χ3n) is 3.45. The van der Waals surface area contributed by atoms with Crippen molar-refractivity contribution in [3.63, 3.8) is 0 Å². The molecule has 3 aromatic rings. The van der Waals surface area contributed by atoms with Crippen molar-refractivity contribution in [2.24, 2.45) is 0 Å². The largest absolute Gasteiger partial charge is 0.467 e. The van der Waals surface area contributed by atoms with Crippen LogP contribution in [0.2, 0.25) is 0 Å². The maximum Gasteiger partial charge on any atom is 0.349 e. The SMILES string of the molecule is COCC(=O)Oc1ccc2cc(C(=O)NCc3ccco3)c(=O)oc2c1. The lowest BCUT2D eigenvalue weighted by atomic mass is 10.1. The summed E-state index contributed by atoms with van der Waals surface area (Å²) in [4.78, 5) is 35.7. The highest BCUT2D eigenvalue weighted by Gasteiger charge is 2.15. The monoisotopic (exact) mass is 357 g/mol. The number of hydrogen-bond acceptors (Lipinski definition) is 7. The van der Waals surface area contributed by atoms with Crippen LogP contribution in [0.5, 0.6) is 5.75 Å². The van der Waals surface area contributed by atoms with Crippen molar-refractivity contribution < 1.29 is 27.9 Å². The van der Waals surface area contributed by atoms with Gasteiger partial charge in [-0.25, -0.2) is 9.59 Å². The summed E-state index contributed by atoms with van der Waals surface area (Å²) in [5.74, 6) is -0.389. The van der Waals surface area contributed by atoms with Crippen LogP contribution >= 0.6 is 0 Å². The van der Waals surface area contributed by atoms with Gasteiger partial charge in [0.05, 0.1) is 12.8 Å². The first-order chi connectivity index (χ1) is 12.6. The molecule has 26 heavy (non-hydrogen) atoms. The number of rotatable bonds is 6. The third kappa shape index (κ3) is 3.98. The Labute approximate surface area is 147 Å². The molecule has 0 bridgehead atoms. The number of methoxy groups -OCH3 is 1. The van der Waals surface area contributed by atoms with E-state index in [1.54, 1.807) is 18.2 Å². The van der Waals surface area contributed by atoms with E-state index in [0.29, 0.717) is 11.1 Å². The van der Waals surface area contributed by atoms with Crippen LogP contribution in [0.3, 0.4) is 0 Å². The zero-order chi connectivity index (χ0) is 18.5. The van der Waals surface area contributed by atoms with Gasteiger partial charge in [-0.15, -0.1) is 0 Å². The summed E-state index contributed by atoms with van der Waals surface area (Å²) in [5, 5.41) is 3.10. The van der Waals surface area contributed by atoms with E-state index in [9.17, 15) is 14.4 Å². The molecule has 0 aliphatic carbocycles. The molecule has 1 aromatic carbocycles. The molecule has 134 valence electrons. The van der Waals surface area contributed by atoms with Crippen molar-refractivity contribution >= 4 is 22.8 Å².